The second-order valence-corrected chi connectivity index (χ2v) is 9.20. The van der Waals surface area contributed by atoms with Gasteiger partial charge in [-0.3, -0.25) is 29.4 Å². The number of rotatable bonds is 6. The van der Waals surface area contributed by atoms with E-state index in [4.69, 9.17) is 0 Å². The van der Waals surface area contributed by atoms with Crippen molar-refractivity contribution in [1.29, 1.82) is 0 Å². The Labute approximate surface area is 212 Å². The number of Topliss-reactive ketones (excluding diaryl/α,β-unsaturated/α-hetero) is 1. The summed E-state index contributed by atoms with van der Waals surface area (Å²) in [5.41, 5.74) is 1.12. The number of nitrogens with zero attached hydrogens (tertiary/aromatic N) is 3. The number of ketones is 1. The lowest BCUT2D eigenvalue weighted by Gasteiger charge is -2.13. The van der Waals surface area contributed by atoms with Gasteiger partial charge in [-0.2, -0.15) is 13.2 Å². The molecule has 1 saturated heterocycles. The smallest absolute Gasteiger partial charge is 0.318 e. The van der Waals surface area contributed by atoms with Crippen LogP contribution in [0.25, 0.3) is 11.8 Å². The van der Waals surface area contributed by atoms with Crippen LogP contribution in [0.5, 0.6) is 0 Å². The Morgan fingerprint density at radius 2 is 1.76 bits per heavy atom. The van der Waals surface area contributed by atoms with E-state index in [9.17, 15) is 37.7 Å². The highest BCUT2D eigenvalue weighted by molar-refractivity contribution is 8.18. The minimum absolute atomic E-state index is 0.0609. The highest BCUT2D eigenvalue weighted by Gasteiger charge is 2.37. The zero-order valence-corrected chi connectivity index (χ0v) is 20.2. The van der Waals surface area contributed by atoms with Gasteiger partial charge < -0.3 is 4.57 Å². The van der Waals surface area contributed by atoms with E-state index in [1.165, 1.54) is 30.3 Å². The SMILES string of the molecule is Cc1cc(/C=C2\SC(=O)N(CC(=O)c3ccc([N+](=O)[O-])cc3)C2=O)c(C)n1-c1cccc(C(F)(F)F)c1. The molecule has 1 fully saturated rings. The minimum atomic E-state index is -4.50. The molecule has 0 bridgehead atoms. The summed E-state index contributed by atoms with van der Waals surface area (Å²) in [6.45, 7) is 2.85. The average molecular weight is 529 g/mol. The molecule has 8 nitrogen and oxygen atoms in total. The molecule has 0 radical (unpaired) electrons. The van der Waals surface area contributed by atoms with Crippen LogP contribution < -0.4 is 0 Å². The summed E-state index contributed by atoms with van der Waals surface area (Å²) >= 11 is 0.645. The van der Waals surface area contributed by atoms with Gasteiger partial charge in [-0.05, 0) is 73.6 Å². The van der Waals surface area contributed by atoms with Gasteiger partial charge in [0.25, 0.3) is 16.8 Å². The quantitative estimate of drug-likeness (QED) is 0.170. The van der Waals surface area contributed by atoms with Crippen LogP contribution >= 0.6 is 11.8 Å². The molecule has 4 rings (SSSR count). The number of nitro benzene ring substituents is 1. The normalized spacial score (nSPS) is 15.1. The van der Waals surface area contributed by atoms with Crippen LogP contribution in [0.4, 0.5) is 23.7 Å². The lowest BCUT2D eigenvalue weighted by molar-refractivity contribution is -0.384. The Kier molecular flexibility index (Phi) is 6.78. The molecular formula is C25H18F3N3O5S. The fraction of sp³-hybridized carbons (Fsp3) is 0.160. The number of amides is 2. The van der Waals surface area contributed by atoms with Gasteiger partial charge in [0.2, 0.25) is 0 Å². The van der Waals surface area contributed by atoms with Crippen molar-refractivity contribution in [3.05, 3.63) is 97.7 Å². The molecule has 2 aromatic carbocycles. The summed E-state index contributed by atoms with van der Waals surface area (Å²) in [7, 11) is 0. The Bertz CT molecular complexity index is 1480. The maximum atomic E-state index is 13.2. The fourth-order valence-electron chi connectivity index (χ4n) is 3.93. The molecule has 0 saturated carbocycles. The van der Waals surface area contributed by atoms with Gasteiger partial charge in [0, 0.05) is 34.8 Å². The number of aromatic nitrogens is 1. The summed E-state index contributed by atoms with van der Waals surface area (Å²) in [5.74, 6) is -1.25. The Morgan fingerprint density at radius 3 is 2.38 bits per heavy atom. The molecule has 37 heavy (non-hydrogen) atoms. The van der Waals surface area contributed by atoms with E-state index in [1.54, 1.807) is 24.5 Å². The largest absolute Gasteiger partial charge is 0.416 e. The van der Waals surface area contributed by atoms with Gasteiger partial charge in [0.15, 0.2) is 5.78 Å². The van der Waals surface area contributed by atoms with Crippen LogP contribution in [0.3, 0.4) is 0 Å². The molecular weight excluding hydrogens is 511 g/mol. The Balaban J connectivity index is 1.57. The Morgan fingerprint density at radius 1 is 1.08 bits per heavy atom. The predicted octanol–water partition coefficient (Wildman–Crippen LogP) is 5.94. The second kappa shape index (κ2) is 9.69. The van der Waals surface area contributed by atoms with Gasteiger partial charge in [-0.25, -0.2) is 0 Å². The molecule has 1 aliphatic heterocycles. The predicted molar refractivity (Wildman–Crippen MR) is 130 cm³/mol. The fourth-order valence-corrected chi connectivity index (χ4v) is 4.76. The van der Waals surface area contributed by atoms with Crippen molar-refractivity contribution >= 4 is 40.5 Å². The van der Waals surface area contributed by atoms with Gasteiger partial charge in [0.05, 0.1) is 21.9 Å². The molecule has 12 heteroatoms. The van der Waals surface area contributed by atoms with E-state index < -0.39 is 40.1 Å². The van der Waals surface area contributed by atoms with E-state index in [2.05, 4.69) is 0 Å². The van der Waals surface area contributed by atoms with E-state index in [1.807, 2.05) is 0 Å². The van der Waals surface area contributed by atoms with Gasteiger partial charge in [0.1, 0.15) is 0 Å². The summed E-state index contributed by atoms with van der Waals surface area (Å²) in [6, 6.07) is 11.3. The average Bonchev–Trinajstić information content (AvgIpc) is 3.27. The van der Waals surface area contributed by atoms with Gasteiger partial charge in [-0.1, -0.05) is 6.07 Å². The number of hydrogen-bond donors (Lipinski definition) is 0. The van der Waals surface area contributed by atoms with Crippen LogP contribution in [-0.4, -0.2) is 37.9 Å². The van der Waals surface area contributed by atoms with E-state index >= 15 is 0 Å². The van der Waals surface area contributed by atoms with Crippen LogP contribution in [-0.2, 0) is 11.0 Å². The molecule has 0 atom stereocenters. The molecule has 1 aliphatic rings. The summed E-state index contributed by atoms with van der Waals surface area (Å²) in [5, 5.41) is 10.1. The third-order valence-electron chi connectivity index (χ3n) is 5.76. The van der Waals surface area contributed by atoms with Gasteiger partial charge >= 0.3 is 6.18 Å². The summed E-state index contributed by atoms with van der Waals surface area (Å²) in [6.07, 6.45) is -3.04. The van der Waals surface area contributed by atoms with E-state index in [0.717, 1.165) is 29.2 Å². The molecule has 2 heterocycles. The highest BCUT2D eigenvalue weighted by Crippen LogP contribution is 2.35. The number of benzene rings is 2. The first-order valence-electron chi connectivity index (χ1n) is 10.8. The first-order chi connectivity index (χ1) is 17.4. The van der Waals surface area contributed by atoms with Gasteiger partial charge in [-0.15, -0.1) is 0 Å². The molecule has 190 valence electrons. The topological polar surface area (TPSA) is 103 Å². The second-order valence-electron chi connectivity index (χ2n) is 8.20. The van der Waals surface area contributed by atoms with E-state index in [0.29, 0.717) is 34.4 Å². The number of imide groups is 1. The number of thioether (sulfide) groups is 1. The number of non-ortho nitro benzene ring substituents is 1. The van der Waals surface area contributed by atoms with Crippen molar-refractivity contribution < 1.29 is 32.5 Å². The number of alkyl halides is 3. The number of halogens is 3. The van der Waals surface area contributed by atoms with Crippen LogP contribution in [0.1, 0.15) is 32.9 Å². The van der Waals surface area contributed by atoms with Crippen LogP contribution in [0, 0.1) is 24.0 Å². The number of aryl methyl sites for hydroxylation is 1. The van der Waals surface area contributed by atoms with Crippen molar-refractivity contribution in [2.24, 2.45) is 0 Å². The third-order valence-corrected chi connectivity index (χ3v) is 6.67. The summed E-state index contributed by atoms with van der Waals surface area (Å²) in [4.78, 5) is 49.0. The molecule has 0 spiro atoms. The number of carbonyl (C=O) groups is 3. The first kappa shape index (κ1) is 25.9. The van der Waals surface area contributed by atoms with E-state index in [-0.39, 0.29) is 16.2 Å². The van der Waals surface area contributed by atoms with Crippen LogP contribution in [0.15, 0.2) is 59.5 Å². The maximum Gasteiger partial charge on any atom is 0.416 e. The molecule has 1 aromatic heterocycles. The third kappa shape index (κ3) is 5.19. The molecule has 0 aliphatic carbocycles. The van der Waals surface area contributed by atoms with Crippen molar-refractivity contribution in [3.8, 4) is 5.69 Å². The molecule has 0 unspecified atom stereocenters. The zero-order chi connectivity index (χ0) is 27.1. The number of hydrogen-bond acceptors (Lipinski definition) is 6. The summed E-state index contributed by atoms with van der Waals surface area (Å²) < 4.78 is 41.2. The number of nitro groups is 1. The van der Waals surface area contributed by atoms with Crippen molar-refractivity contribution in [2.75, 3.05) is 6.54 Å². The Hall–Kier alpha value is -4.19. The maximum absolute atomic E-state index is 13.2. The first-order valence-corrected chi connectivity index (χ1v) is 11.6. The molecule has 0 N–H and O–H groups in total. The molecule has 3 aromatic rings. The molecule has 2 amide bonds. The lowest BCUT2D eigenvalue weighted by Crippen LogP contribution is -2.33. The monoisotopic (exact) mass is 529 g/mol. The zero-order valence-electron chi connectivity index (χ0n) is 19.4. The van der Waals surface area contributed by atoms with Crippen molar-refractivity contribution in [1.82, 2.24) is 9.47 Å². The number of carbonyl (C=O) groups excluding carboxylic acids is 3. The highest BCUT2D eigenvalue weighted by atomic mass is 32.2. The van der Waals surface area contributed by atoms with Crippen LogP contribution in [0.2, 0.25) is 0 Å². The van der Waals surface area contributed by atoms with Crippen molar-refractivity contribution in [2.45, 2.75) is 20.0 Å². The minimum Gasteiger partial charge on any atom is -0.318 e. The van der Waals surface area contributed by atoms with Crippen molar-refractivity contribution in [3.63, 3.8) is 0 Å². The lowest BCUT2D eigenvalue weighted by atomic mass is 10.1. The standard InChI is InChI=1S/C25H18F3N3O5S/c1-14-10-17(15(2)30(14)20-5-3-4-18(12-20)25(26,27)28)11-22-23(33)29(24(34)37-22)13-21(32)16-6-8-19(9-7-16)31(35)36/h3-12H,13H2,1-2H3/b22-11-.